The fourth-order valence-electron chi connectivity index (χ4n) is 1.61. The van der Waals surface area contributed by atoms with Gasteiger partial charge in [-0.1, -0.05) is 58.4 Å². The highest BCUT2D eigenvalue weighted by atomic mass is 79.9. The molecule has 0 radical (unpaired) electrons. The quantitative estimate of drug-likeness (QED) is 0.838. The van der Waals surface area contributed by atoms with Crippen LogP contribution in [0.5, 0.6) is 0 Å². The van der Waals surface area contributed by atoms with E-state index in [2.05, 4.69) is 52.3 Å². The number of nitrogen functional groups attached to an aromatic ring is 1. The van der Waals surface area contributed by atoms with Gasteiger partial charge in [0.2, 0.25) is 0 Å². The van der Waals surface area contributed by atoms with Gasteiger partial charge in [-0.2, -0.15) is 0 Å². The zero-order valence-electron chi connectivity index (χ0n) is 9.44. The van der Waals surface area contributed by atoms with E-state index in [-0.39, 0.29) is 0 Å². The number of nitrogens with two attached hydrogens (primary N) is 1. The summed E-state index contributed by atoms with van der Waals surface area (Å²) in [5.74, 6) is 0. The molecule has 0 aliphatic heterocycles. The Balaban J connectivity index is 2.03. The highest BCUT2D eigenvalue weighted by Gasteiger charge is 1.92. The van der Waals surface area contributed by atoms with E-state index < -0.39 is 0 Å². The molecular formula is C15H14BrN. The van der Waals surface area contributed by atoms with E-state index in [0.29, 0.717) is 0 Å². The zero-order chi connectivity index (χ0) is 12.1. The molecule has 0 bridgehead atoms. The Morgan fingerprint density at radius 3 is 2.41 bits per heavy atom. The van der Waals surface area contributed by atoms with Gasteiger partial charge in [-0.15, -0.1) is 0 Å². The van der Waals surface area contributed by atoms with Crippen molar-refractivity contribution in [2.45, 2.75) is 6.42 Å². The molecule has 0 atom stereocenters. The number of halogens is 1. The number of allylic oxidation sites excluding steroid dienone is 1. The van der Waals surface area contributed by atoms with Crippen molar-refractivity contribution in [2.75, 3.05) is 5.73 Å². The first kappa shape index (κ1) is 11.9. The van der Waals surface area contributed by atoms with Crippen molar-refractivity contribution >= 4 is 27.7 Å². The fourth-order valence-corrected chi connectivity index (χ4v) is 1.87. The number of hydrogen-bond acceptors (Lipinski definition) is 1. The molecule has 86 valence electrons. The van der Waals surface area contributed by atoms with Crippen molar-refractivity contribution in [2.24, 2.45) is 0 Å². The molecule has 0 saturated carbocycles. The van der Waals surface area contributed by atoms with Gasteiger partial charge in [0.25, 0.3) is 0 Å². The normalized spacial score (nSPS) is 10.9. The maximum absolute atomic E-state index is 5.86. The Labute approximate surface area is 110 Å². The Morgan fingerprint density at radius 1 is 1.00 bits per heavy atom. The van der Waals surface area contributed by atoms with Gasteiger partial charge in [0, 0.05) is 10.2 Å². The summed E-state index contributed by atoms with van der Waals surface area (Å²) in [5.41, 5.74) is 9.05. The SMILES string of the molecule is Nc1ccccc1/C=C\Cc1ccc(Br)cc1. The number of hydrogen-bond donors (Lipinski definition) is 1. The summed E-state index contributed by atoms with van der Waals surface area (Å²) in [6.45, 7) is 0. The van der Waals surface area contributed by atoms with Gasteiger partial charge in [0.05, 0.1) is 0 Å². The number of para-hydroxylation sites is 1. The minimum atomic E-state index is 0.819. The van der Waals surface area contributed by atoms with Gasteiger partial charge >= 0.3 is 0 Å². The molecule has 0 aromatic heterocycles. The van der Waals surface area contributed by atoms with E-state index in [0.717, 1.165) is 22.1 Å². The first-order valence-corrected chi connectivity index (χ1v) is 6.30. The molecule has 0 saturated heterocycles. The number of rotatable bonds is 3. The lowest BCUT2D eigenvalue weighted by Gasteiger charge is -1.99. The summed E-state index contributed by atoms with van der Waals surface area (Å²) in [5, 5.41) is 0. The highest BCUT2D eigenvalue weighted by Crippen LogP contribution is 2.14. The predicted octanol–water partition coefficient (Wildman–Crippen LogP) is 4.29. The molecule has 0 amide bonds. The van der Waals surface area contributed by atoms with Gasteiger partial charge in [-0.3, -0.25) is 0 Å². The van der Waals surface area contributed by atoms with Crippen molar-refractivity contribution < 1.29 is 0 Å². The standard InChI is InChI=1S/C15H14BrN/c16-14-10-8-12(9-11-14)4-3-6-13-5-1-2-7-15(13)17/h1-3,5-11H,4,17H2/b6-3-. The number of benzene rings is 2. The minimum Gasteiger partial charge on any atom is -0.398 e. The smallest absolute Gasteiger partial charge is 0.0387 e. The first-order valence-electron chi connectivity index (χ1n) is 5.51. The number of anilines is 1. The van der Waals surface area contributed by atoms with Gasteiger partial charge in [0.15, 0.2) is 0 Å². The molecule has 0 aliphatic rings. The van der Waals surface area contributed by atoms with E-state index in [1.54, 1.807) is 0 Å². The third-order valence-corrected chi connectivity index (χ3v) is 3.09. The van der Waals surface area contributed by atoms with E-state index >= 15 is 0 Å². The van der Waals surface area contributed by atoms with Crippen LogP contribution >= 0.6 is 15.9 Å². The first-order chi connectivity index (χ1) is 8.25. The highest BCUT2D eigenvalue weighted by molar-refractivity contribution is 9.10. The Bertz CT molecular complexity index is 515. The molecule has 0 heterocycles. The molecule has 2 heteroatoms. The van der Waals surface area contributed by atoms with Crippen LogP contribution in [0.3, 0.4) is 0 Å². The maximum atomic E-state index is 5.86. The van der Waals surface area contributed by atoms with Crippen LogP contribution in [0.2, 0.25) is 0 Å². The summed E-state index contributed by atoms with van der Waals surface area (Å²) in [4.78, 5) is 0. The van der Waals surface area contributed by atoms with Gasteiger partial charge in [-0.05, 0) is 35.7 Å². The second-order valence-electron chi connectivity index (χ2n) is 3.86. The third kappa shape index (κ3) is 3.46. The summed E-state index contributed by atoms with van der Waals surface area (Å²) in [6, 6.07) is 16.2. The van der Waals surface area contributed by atoms with Crippen LogP contribution in [0.1, 0.15) is 11.1 Å². The molecule has 2 aromatic rings. The average molecular weight is 288 g/mol. The Kier molecular flexibility index (Phi) is 3.99. The molecule has 0 aliphatic carbocycles. The Morgan fingerprint density at radius 2 is 1.71 bits per heavy atom. The van der Waals surface area contributed by atoms with Crippen molar-refractivity contribution in [1.82, 2.24) is 0 Å². The molecular weight excluding hydrogens is 274 g/mol. The topological polar surface area (TPSA) is 26.0 Å². The minimum absolute atomic E-state index is 0.819. The zero-order valence-corrected chi connectivity index (χ0v) is 11.0. The van der Waals surface area contributed by atoms with Crippen LogP contribution < -0.4 is 5.73 Å². The monoisotopic (exact) mass is 287 g/mol. The Hall–Kier alpha value is -1.54. The maximum Gasteiger partial charge on any atom is 0.0387 e. The van der Waals surface area contributed by atoms with Gasteiger partial charge in [0.1, 0.15) is 0 Å². The molecule has 2 rings (SSSR count). The molecule has 2 N–H and O–H groups in total. The second-order valence-corrected chi connectivity index (χ2v) is 4.78. The summed E-state index contributed by atoms with van der Waals surface area (Å²) >= 11 is 3.43. The molecule has 1 nitrogen and oxygen atoms in total. The van der Waals surface area contributed by atoms with E-state index in [1.165, 1.54) is 5.56 Å². The lowest BCUT2D eigenvalue weighted by atomic mass is 10.1. The van der Waals surface area contributed by atoms with Crippen LogP contribution in [0.4, 0.5) is 5.69 Å². The third-order valence-electron chi connectivity index (χ3n) is 2.56. The van der Waals surface area contributed by atoms with Gasteiger partial charge < -0.3 is 5.73 Å². The van der Waals surface area contributed by atoms with E-state index in [1.807, 2.05) is 24.3 Å². The second kappa shape index (κ2) is 5.69. The van der Waals surface area contributed by atoms with Crippen LogP contribution in [-0.2, 0) is 6.42 Å². The van der Waals surface area contributed by atoms with Crippen LogP contribution in [0.25, 0.3) is 6.08 Å². The van der Waals surface area contributed by atoms with Crippen molar-refractivity contribution in [3.63, 3.8) is 0 Å². The molecule has 0 spiro atoms. The van der Waals surface area contributed by atoms with Crippen LogP contribution in [-0.4, -0.2) is 0 Å². The van der Waals surface area contributed by atoms with Crippen LogP contribution in [0.15, 0.2) is 59.1 Å². The molecule has 0 unspecified atom stereocenters. The van der Waals surface area contributed by atoms with Crippen molar-refractivity contribution in [3.8, 4) is 0 Å². The van der Waals surface area contributed by atoms with E-state index in [9.17, 15) is 0 Å². The van der Waals surface area contributed by atoms with E-state index in [4.69, 9.17) is 5.73 Å². The summed E-state index contributed by atoms with van der Waals surface area (Å²) < 4.78 is 1.11. The largest absolute Gasteiger partial charge is 0.398 e. The lowest BCUT2D eigenvalue weighted by molar-refractivity contribution is 1.27. The molecule has 2 aromatic carbocycles. The molecule has 0 fully saturated rings. The summed E-state index contributed by atoms with van der Waals surface area (Å²) in [6.07, 6.45) is 5.12. The van der Waals surface area contributed by atoms with Crippen LogP contribution in [0, 0.1) is 0 Å². The fraction of sp³-hybridized carbons (Fsp3) is 0.0667. The predicted molar refractivity (Wildman–Crippen MR) is 77.7 cm³/mol. The van der Waals surface area contributed by atoms with Gasteiger partial charge in [-0.25, -0.2) is 0 Å². The lowest BCUT2D eigenvalue weighted by Crippen LogP contribution is -1.87. The van der Waals surface area contributed by atoms with Crippen molar-refractivity contribution in [1.29, 1.82) is 0 Å². The summed E-state index contributed by atoms with van der Waals surface area (Å²) in [7, 11) is 0. The molecule has 17 heavy (non-hydrogen) atoms. The average Bonchev–Trinajstić information content (AvgIpc) is 2.34. The van der Waals surface area contributed by atoms with Crippen molar-refractivity contribution in [3.05, 3.63) is 70.2 Å².